The maximum atomic E-state index is 11.8. The lowest BCUT2D eigenvalue weighted by Gasteiger charge is -2.07. The van der Waals surface area contributed by atoms with Crippen LogP contribution in [0.15, 0.2) is 28.7 Å². The van der Waals surface area contributed by atoms with Crippen molar-refractivity contribution in [1.82, 2.24) is 16.0 Å². The van der Waals surface area contributed by atoms with Crippen LogP contribution in [-0.4, -0.2) is 38.5 Å². The van der Waals surface area contributed by atoms with Crippen molar-refractivity contribution in [2.24, 2.45) is 0 Å². The van der Waals surface area contributed by atoms with Crippen LogP contribution in [0.3, 0.4) is 0 Å². The first kappa shape index (κ1) is 17.7. The van der Waals surface area contributed by atoms with Gasteiger partial charge in [0, 0.05) is 29.5 Å². The molecule has 21 heavy (non-hydrogen) atoms. The van der Waals surface area contributed by atoms with Gasteiger partial charge in [0.2, 0.25) is 5.91 Å². The molecule has 0 heterocycles. The Kier molecular flexibility index (Phi) is 8.69. The van der Waals surface area contributed by atoms with Gasteiger partial charge in [0.15, 0.2) is 0 Å². The molecular weight excluding hydrogens is 334 g/mol. The van der Waals surface area contributed by atoms with Crippen molar-refractivity contribution in [2.45, 2.75) is 19.3 Å². The van der Waals surface area contributed by atoms with E-state index in [1.807, 2.05) is 19.2 Å². The third kappa shape index (κ3) is 7.82. The Labute approximate surface area is 134 Å². The van der Waals surface area contributed by atoms with Gasteiger partial charge in [-0.15, -0.1) is 0 Å². The minimum Gasteiger partial charge on any atom is -0.356 e. The number of carbonyl (C=O) groups excluding carboxylic acids is 2. The van der Waals surface area contributed by atoms with Crippen LogP contribution in [0.4, 0.5) is 0 Å². The predicted molar refractivity (Wildman–Crippen MR) is 87.3 cm³/mol. The van der Waals surface area contributed by atoms with E-state index >= 15 is 0 Å². The predicted octanol–water partition coefficient (Wildman–Crippen LogP) is 1.68. The van der Waals surface area contributed by atoms with E-state index in [1.165, 1.54) is 0 Å². The van der Waals surface area contributed by atoms with Crippen molar-refractivity contribution in [3.8, 4) is 0 Å². The summed E-state index contributed by atoms with van der Waals surface area (Å²) in [7, 11) is 1.87. The van der Waals surface area contributed by atoms with Crippen LogP contribution < -0.4 is 16.0 Å². The van der Waals surface area contributed by atoms with Crippen LogP contribution in [-0.2, 0) is 4.79 Å². The second kappa shape index (κ2) is 10.3. The number of hydrogen-bond acceptors (Lipinski definition) is 3. The van der Waals surface area contributed by atoms with Gasteiger partial charge in [0.25, 0.3) is 5.91 Å². The van der Waals surface area contributed by atoms with Gasteiger partial charge in [-0.25, -0.2) is 0 Å². The highest BCUT2D eigenvalue weighted by atomic mass is 79.9. The maximum Gasteiger partial charge on any atom is 0.251 e. The molecule has 0 aromatic heterocycles. The molecule has 1 aromatic rings. The topological polar surface area (TPSA) is 70.2 Å². The highest BCUT2D eigenvalue weighted by molar-refractivity contribution is 9.10. The molecule has 0 fully saturated rings. The van der Waals surface area contributed by atoms with E-state index in [0.717, 1.165) is 23.9 Å². The summed E-state index contributed by atoms with van der Waals surface area (Å²) in [5.74, 6) is -0.0415. The molecule has 2 amide bonds. The fourth-order valence-corrected chi connectivity index (χ4v) is 2.16. The number of hydrogen-bond donors (Lipinski definition) is 3. The SMILES string of the molecule is CNCCCC(=O)NCCCNC(=O)c1cccc(Br)c1. The van der Waals surface area contributed by atoms with Crippen LogP contribution in [0.2, 0.25) is 0 Å². The first-order chi connectivity index (χ1) is 10.1. The molecule has 1 aromatic carbocycles. The van der Waals surface area contributed by atoms with Gasteiger partial charge in [-0.3, -0.25) is 9.59 Å². The van der Waals surface area contributed by atoms with Crippen LogP contribution >= 0.6 is 15.9 Å². The Bertz CT molecular complexity index is 466. The van der Waals surface area contributed by atoms with Crippen molar-refractivity contribution >= 4 is 27.7 Å². The summed E-state index contributed by atoms with van der Waals surface area (Å²) >= 11 is 3.33. The number of nitrogens with one attached hydrogen (secondary N) is 3. The van der Waals surface area contributed by atoms with E-state index in [-0.39, 0.29) is 11.8 Å². The summed E-state index contributed by atoms with van der Waals surface area (Å²) in [6.45, 7) is 1.97. The average Bonchev–Trinajstić information content (AvgIpc) is 2.47. The molecule has 0 aliphatic heterocycles. The Morgan fingerprint density at radius 3 is 2.57 bits per heavy atom. The van der Waals surface area contributed by atoms with Gasteiger partial charge in [-0.05, 0) is 44.6 Å². The summed E-state index contributed by atoms with van der Waals surface area (Å²) < 4.78 is 0.879. The molecule has 0 aliphatic rings. The fourth-order valence-electron chi connectivity index (χ4n) is 1.76. The zero-order chi connectivity index (χ0) is 15.5. The summed E-state index contributed by atoms with van der Waals surface area (Å²) in [5.41, 5.74) is 0.625. The third-order valence-electron chi connectivity index (χ3n) is 2.88. The second-order valence-electron chi connectivity index (χ2n) is 4.68. The molecular formula is C15H22BrN3O2. The van der Waals surface area contributed by atoms with E-state index < -0.39 is 0 Å². The number of halogens is 1. The molecule has 0 saturated heterocycles. The number of amides is 2. The summed E-state index contributed by atoms with van der Waals surface area (Å²) in [6.07, 6.45) is 2.09. The molecule has 0 aliphatic carbocycles. The van der Waals surface area contributed by atoms with E-state index in [4.69, 9.17) is 0 Å². The third-order valence-corrected chi connectivity index (χ3v) is 3.37. The molecule has 6 heteroatoms. The highest BCUT2D eigenvalue weighted by Crippen LogP contribution is 2.11. The van der Waals surface area contributed by atoms with Gasteiger partial charge >= 0.3 is 0 Å². The first-order valence-electron chi connectivity index (χ1n) is 7.08. The van der Waals surface area contributed by atoms with Crippen LogP contribution in [0.25, 0.3) is 0 Å². The second-order valence-corrected chi connectivity index (χ2v) is 5.59. The Hall–Kier alpha value is -1.40. The van der Waals surface area contributed by atoms with E-state index in [9.17, 15) is 9.59 Å². The smallest absolute Gasteiger partial charge is 0.251 e. The van der Waals surface area contributed by atoms with Crippen molar-refractivity contribution in [1.29, 1.82) is 0 Å². The van der Waals surface area contributed by atoms with Crippen molar-refractivity contribution in [3.63, 3.8) is 0 Å². The van der Waals surface area contributed by atoms with E-state index in [0.29, 0.717) is 25.1 Å². The summed E-state index contributed by atoms with van der Waals surface area (Å²) in [4.78, 5) is 23.3. The number of carbonyl (C=O) groups is 2. The van der Waals surface area contributed by atoms with Crippen LogP contribution in [0.5, 0.6) is 0 Å². The Morgan fingerprint density at radius 2 is 1.86 bits per heavy atom. The van der Waals surface area contributed by atoms with Crippen molar-refractivity contribution in [3.05, 3.63) is 34.3 Å². The molecule has 0 unspecified atom stereocenters. The van der Waals surface area contributed by atoms with Crippen molar-refractivity contribution < 1.29 is 9.59 Å². The molecule has 0 radical (unpaired) electrons. The lowest BCUT2D eigenvalue weighted by Crippen LogP contribution is -2.30. The molecule has 1 rings (SSSR count). The molecule has 0 spiro atoms. The largest absolute Gasteiger partial charge is 0.356 e. The lowest BCUT2D eigenvalue weighted by atomic mass is 10.2. The quantitative estimate of drug-likeness (QED) is 0.590. The van der Waals surface area contributed by atoms with Gasteiger partial charge in [-0.2, -0.15) is 0 Å². The van der Waals surface area contributed by atoms with Gasteiger partial charge < -0.3 is 16.0 Å². The molecule has 5 nitrogen and oxygen atoms in total. The Morgan fingerprint density at radius 1 is 1.10 bits per heavy atom. The molecule has 0 atom stereocenters. The first-order valence-corrected chi connectivity index (χ1v) is 7.88. The molecule has 0 bridgehead atoms. The summed E-state index contributed by atoms with van der Waals surface area (Å²) in [6, 6.07) is 7.24. The molecule has 0 saturated carbocycles. The Balaban J connectivity index is 2.11. The lowest BCUT2D eigenvalue weighted by molar-refractivity contribution is -0.121. The molecule has 3 N–H and O–H groups in total. The van der Waals surface area contributed by atoms with E-state index in [2.05, 4.69) is 31.9 Å². The normalized spacial score (nSPS) is 10.2. The van der Waals surface area contributed by atoms with Gasteiger partial charge in [0.05, 0.1) is 0 Å². The fraction of sp³-hybridized carbons (Fsp3) is 0.467. The zero-order valence-corrected chi connectivity index (χ0v) is 13.8. The standard InChI is InChI=1S/C15H22BrN3O2/c1-17-8-3-7-14(20)18-9-4-10-19-15(21)12-5-2-6-13(16)11-12/h2,5-6,11,17H,3-4,7-10H2,1H3,(H,18,20)(H,19,21). The average molecular weight is 356 g/mol. The van der Waals surface area contributed by atoms with Crippen molar-refractivity contribution in [2.75, 3.05) is 26.7 Å². The maximum absolute atomic E-state index is 11.8. The minimum absolute atomic E-state index is 0.0589. The zero-order valence-electron chi connectivity index (χ0n) is 12.2. The highest BCUT2D eigenvalue weighted by Gasteiger charge is 2.05. The van der Waals surface area contributed by atoms with Gasteiger partial charge in [-0.1, -0.05) is 22.0 Å². The molecule has 116 valence electrons. The number of rotatable bonds is 9. The monoisotopic (exact) mass is 355 g/mol. The number of benzene rings is 1. The van der Waals surface area contributed by atoms with Crippen LogP contribution in [0.1, 0.15) is 29.6 Å². The minimum atomic E-state index is -0.100. The summed E-state index contributed by atoms with van der Waals surface area (Å²) in [5, 5.41) is 8.67. The van der Waals surface area contributed by atoms with E-state index in [1.54, 1.807) is 12.1 Å². The van der Waals surface area contributed by atoms with Gasteiger partial charge in [0.1, 0.15) is 0 Å². The van der Waals surface area contributed by atoms with Crippen LogP contribution in [0, 0.1) is 0 Å².